The number of epoxide rings is 3. The van der Waals surface area contributed by atoms with Crippen LogP contribution in [0.3, 0.4) is 0 Å². The molecule has 3 heterocycles. The van der Waals surface area contributed by atoms with E-state index in [1.165, 1.54) is 130 Å². The number of anilines is 3. The van der Waals surface area contributed by atoms with Gasteiger partial charge in [0.2, 0.25) is 0 Å². The van der Waals surface area contributed by atoms with Gasteiger partial charge in [0, 0.05) is 34.8 Å². The number of nitrogens with zero attached hydrogens (tertiary/aromatic N) is 1. The fourth-order valence-electron chi connectivity index (χ4n) is 8.00. The third kappa shape index (κ3) is 10.4. The van der Waals surface area contributed by atoms with Crippen molar-refractivity contribution in [3.8, 4) is 0 Å². The normalized spacial score (nSPS) is 21.2. The molecule has 6 atom stereocenters. The van der Waals surface area contributed by atoms with Crippen LogP contribution in [-0.4, -0.2) is 38.1 Å². The molecule has 0 saturated carbocycles. The number of ether oxygens (including phenoxy) is 3. The second kappa shape index (κ2) is 18.5. The Morgan fingerprint density at radius 2 is 0.694 bits per heavy atom. The van der Waals surface area contributed by atoms with E-state index < -0.39 is 0 Å². The van der Waals surface area contributed by atoms with Gasteiger partial charge in [-0.1, -0.05) is 134 Å². The molecular formula is C45H63NO3. The van der Waals surface area contributed by atoms with Crippen molar-refractivity contribution in [1.29, 1.82) is 0 Å². The predicted octanol–water partition coefficient (Wildman–Crippen LogP) is 12.5. The summed E-state index contributed by atoms with van der Waals surface area (Å²) in [4.78, 5) is 2.44. The van der Waals surface area contributed by atoms with Gasteiger partial charge in [-0.2, -0.15) is 0 Å². The third-order valence-corrected chi connectivity index (χ3v) is 11.3. The molecule has 0 aromatic heterocycles. The van der Waals surface area contributed by atoms with Crippen LogP contribution in [-0.2, 0) is 14.2 Å². The highest BCUT2D eigenvalue weighted by Gasteiger charge is 2.35. The molecule has 3 aliphatic rings. The first-order valence-electron chi connectivity index (χ1n) is 20.1. The zero-order valence-electron chi connectivity index (χ0n) is 30.8. The van der Waals surface area contributed by atoms with Crippen LogP contribution in [0.5, 0.6) is 0 Å². The van der Waals surface area contributed by atoms with Crippen LogP contribution < -0.4 is 4.90 Å². The molecule has 6 unspecified atom stereocenters. The van der Waals surface area contributed by atoms with E-state index in [1.807, 2.05) is 0 Å². The Morgan fingerprint density at radius 1 is 0.429 bits per heavy atom. The van der Waals surface area contributed by atoms with Crippen molar-refractivity contribution >= 4 is 17.1 Å². The molecule has 3 aliphatic heterocycles. The molecule has 3 saturated heterocycles. The van der Waals surface area contributed by atoms with Crippen LogP contribution in [0.15, 0.2) is 72.8 Å². The lowest BCUT2D eigenvalue weighted by molar-refractivity contribution is 0.359. The van der Waals surface area contributed by atoms with Crippen molar-refractivity contribution in [3.63, 3.8) is 0 Å². The molecule has 6 rings (SSSR count). The van der Waals surface area contributed by atoms with Crippen molar-refractivity contribution in [2.75, 3.05) is 24.7 Å². The minimum absolute atomic E-state index is 0.388. The van der Waals surface area contributed by atoms with Crippen LogP contribution in [0.25, 0.3) is 0 Å². The maximum atomic E-state index is 5.85. The zero-order chi connectivity index (χ0) is 33.8. The highest BCUT2D eigenvalue weighted by molar-refractivity contribution is 5.77. The first-order valence-corrected chi connectivity index (χ1v) is 20.1. The Bertz CT molecular complexity index is 1190. The Morgan fingerprint density at radius 3 is 0.918 bits per heavy atom. The summed E-state index contributed by atoms with van der Waals surface area (Å²) in [5, 5.41) is 0. The number of unbranched alkanes of at least 4 members (excludes halogenated alkanes) is 9. The van der Waals surface area contributed by atoms with Gasteiger partial charge in [0.1, 0.15) is 0 Å². The molecule has 0 bridgehead atoms. The summed E-state index contributed by atoms with van der Waals surface area (Å²) in [5.41, 5.74) is 7.86. The molecule has 0 aliphatic carbocycles. The maximum Gasteiger partial charge on any atom is 0.0878 e. The van der Waals surface area contributed by atoms with E-state index in [0.29, 0.717) is 36.1 Å². The molecule has 4 heteroatoms. The van der Waals surface area contributed by atoms with Crippen molar-refractivity contribution in [3.05, 3.63) is 89.5 Å². The molecule has 0 radical (unpaired) electrons. The summed E-state index contributed by atoms with van der Waals surface area (Å²) in [6, 6.07) is 28.2. The Hall–Kier alpha value is -2.66. The van der Waals surface area contributed by atoms with Gasteiger partial charge < -0.3 is 19.1 Å². The summed E-state index contributed by atoms with van der Waals surface area (Å²) < 4.78 is 17.5. The Labute approximate surface area is 297 Å². The molecular weight excluding hydrogens is 602 g/mol. The van der Waals surface area contributed by atoms with Crippen LogP contribution in [0.1, 0.15) is 152 Å². The highest BCUT2D eigenvalue weighted by atomic mass is 16.6. The van der Waals surface area contributed by atoms with Crippen molar-refractivity contribution < 1.29 is 14.2 Å². The van der Waals surface area contributed by atoms with Crippen molar-refractivity contribution in [2.24, 2.45) is 0 Å². The van der Waals surface area contributed by atoms with Gasteiger partial charge in [-0.3, -0.25) is 0 Å². The second-order valence-corrected chi connectivity index (χ2v) is 15.1. The molecule has 49 heavy (non-hydrogen) atoms. The van der Waals surface area contributed by atoms with Crippen molar-refractivity contribution in [2.45, 2.75) is 153 Å². The van der Waals surface area contributed by atoms with Gasteiger partial charge in [0.05, 0.1) is 38.1 Å². The summed E-state index contributed by atoms with van der Waals surface area (Å²) >= 11 is 0. The van der Waals surface area contributed by atoms with Crippen LogP contribution in [0, 0.1) is 0 Å². The Kier molecular flexibility index (Phi) is 13.7. The van der Waals surface area contributed by atoms with Crippen LogP contribution in [0.2, 0.25) is 0 Å². The van der Waals surface area contributed by atoms with Gasteiger partial charge in [-0.05, 0) is 72.4 Å². The molecule has 3 aromatic rings. The average Bonchev–Trinajstić information content (AvgIpc) is 3.97. The largest absolute Gasteiger partial charge is 0.372 e. The smallest absolute Gasteiger partial charge is 0.0878 e. The van der Waals surface area contributed by atoms with E-state index >= 15 is 0 Å². The highest BCUT2D eigenvalue weighted by Crippen LogP contribution is 2.42. The number of rotatable bonds is 24. The Balaban J connectivity index is 1.24. The summed E-state index contributed by atoms with van der Waals surface area (Å²) in [6.45, 7) is 9.58. The van der Waals surface area contributed by atoms with Gasteiger partial charge >= 0.3 is 0 Å². The third-order valence-electron chi connectivity index (χ3n) is 11.3. The fraction of sp³-hybridized carbons (Fsp3) is 0.600. The first-order chi connectivity index (χ1) is 24.2. The average molecular weight is 666 g/mol. The van der Waals surface area contributed by atoms with E-state index in [4.69, 9.17) is 14.2 Å². The van der Waals surface area contributed by atoms with Gasteiger partial charge in [0.15, 0.2) is 0 Å². The summed E-state index contributed by atoms with van der Waals surface area (Å²) in [5.74, 6) is 1.49. The standard InChI is InChI=1S/C45H63NO3/c1-4-7-10-13-16-40(43-31-47-43)34-19-25-37(26-20-34)46(38-27-21-35(22-28-38)41(44-32-48-44)17-14-11-8-5-2)39-29-23-36(24-30-39)42(45-33-49-45)18-15-12-9-6-3/h19-30,40-45H,4-18,31-33H2,1-3H3. The molecule has 0 spiro atoms. The summed E-state index contributed by atoms with van der Waals surface area (Å²) in [7, 11) is 0. The molecule has 0 N–H and O–H groups in total. The first kappa shape index (κ1) is 36.1. The van der Waals surface area contributed by atoms with Crippen LogP contribution in [0.4, 0.5) is 17.1 Å². The lowest BCUT2D eigenvalue weighted by atomic mass is 9.89. The molecule has 3 aromatic carbocycles. The van der Waals surface area contributed by atoms with Gasteiger partial charge in [0.25, 0.3) is 0 Å². The fourth-order valence-corrected chi connectivity index (χ4v) is 8.00. The lowest BCUT2D eigenvalue weighted by Crippen LogP contribution is -2.13. The minimum atomic E-state index is 0.388. The SMILES string of the molecule is CCCCCCC(c1ccc(N(c2ccc(C(CCCCCC)C3CO3)cc2)c2ccc(C(CCCCCC)C3CO3)cc2)cc1)C1CO1. The second-order valence-electron chi connectivity index (χ2n) is 15.1. The topological polar surface area (TPSA) is 40.8 Å². The van der Waals surface area contributed by atoms with E-state index in [2.05, 4.69) is 98.5 Å². The lowest BCUT2D eigenvalue weighted by Gasteiger charge is -2.27. The van der Waals surface area contributed by atoms with E-state index in [-0.39, 0.29) is 0 Å². The maximum absolute atomic E-state index is 5.85. The van der Waals surface area contributed by atoms with Crippen molar-refractivity contribution in [1.82, 2.24) is 0 Å². The zero-order valence-corrected chi connectivity index (χ0v) is 30.8. The number of hydrogen-bond donors (Lipinski definition) is 0. The monoisotopic (exact) mass is 665 g/mol. The van der Waals surface area contributed by atoms with Gasteiger partial charge in [-0.25, -0.2) is 0 Å². The van der Waals surface area contributed by atoms with E-state index in [0.717, 1.165) is 19.8 Å². The number of hydrogen-bond acceptors (Lipinski definition) is 4. The van der Waals surface area contributed by atoms with E-state index in [9.17, 15) is 0 Å². The van der Waals surface area contributed by atoms with E-state index in [1.54, 1.807) is 0 Å². The minimum Gasteiger partial charge on any atom is -0.372 e. The molecule has 4 nitrogen and oxygen atoms in total. The van der Waals surface area contributed by atoms with Crippen LogP contribution >= 0.6 is 0 Å². The van der Waals surface area contributed by atoms with Gasteiger partial charge in [-0.15, -0.1) is 0 Å². The number of benzene rings is 3. The summed E-state index contributed by atoms with van der Waals surface area (Å²) in [6.07, 6.45) is 20.4. The molecule has 266 valence electrons. The molecule has 3 fully saturated rings. The molecule has 0 amide bonds. The predicted molar refractivity (Wildman–Crippen MR) is 205 cm³/mol. The quantitative estimate of drug-likeness (QED) is 0.0705.